The molecule has 0 saturated carbocycles. The van der Waals surface area contributed by atoms with Crippen LogP contribution in [0.3, 0.4) is 0 Å². The number of aromatic nitrogens is 3. The van der Waals surface area contributed by atoms with Crippen LogP contribution in [0.4, 0.5) is 0 Å². The van der Waals surface area contributed by atoms with Gasteiger partial charge in [0.1, 0.15) is 11.3 Å². The topological polar surface area (TPSA) is 64.8 Å². The largest absolute Gasteiger partial charge is 0.311 e. The van der Waals surface area contributed by atoms with Crippen LogP contribution >= 0.6 is 11.6 Å². The zero-order valence-corrected chi connectivity index (χ0v) is 12.8. The van der Waals surface area contributed by atoms with E-state index >= 15 is 0 Å². The standard InChI is InChI=1S/C13H16ClN3O2S/c1-9-2-4-15-13-12(9)16-11(6-14)17(13)7-10-3-5-20(18,19)8-10/h2,4,10H,3,5-8H2,1H3. The van der Waals surface area contributed by atoms with Crippen molar-refractivity contribution in [3.8, 4) is 0 Å². The maximum Gasteiger partial charge on any atom is 0.160 e. The zero-order chi connectivity index (χ0) is 14.3. The Hall–Kier alpha value is -1.14. The third kappa shape index (κ3) is 2.42. The first-order chi connectivity index (χ1) is 9.50. The summed E-state index contributed by atoms with van der Waals surface area (Å²) >= 11 is 5.97. The van der Waals surface area contributed by atoms with Gasteiger partial charge in [-0.1, -0.05) is 0 Å². The molecule has 3 rings (SSSR count). The first-order valence-corrected chi connectivity index (χ1v) is 8.93. The predicted octanol–water partition coefficient (Wildman–Crippen LogP) is 1.91. The summed E-state index contributed by atoms with van der Waals surface area (Å²) in [6.45, 7) is 2.60. The first kappa shape index (κ1) is 13.8. The van der Waals surface area contributed by atoms with E-state index in [0.717, 1.165) is 22.6 Å². The van der Waals surface area contributed by atoms with Crippen LogP contribution in [0.25, 0.3) is 11.2 Å². The van der Waals surface area contributed by atoms with Gasteiger partial charge in [-0.25, -0.2) is 18.4 Å². The molecule has 0 amide bonds. The van der Waals surface area contributed by atoms with Crippen LogP contribution in [0, 0.1) is 12.8 Å². The molecule has 7 heteroatoms. The maximum atomic E-state index is 11.6. The van der Waals surface area contributed by atoms with Crippen molar-refractivity contribution in [2.75, 3.05) is 11.5 Å². The van der Waals surface area contributed by atoms with Gasteiger partial charge in [0.2, 0.25) is 0 Å². The summed E-state index contributed by atoms with van der Waals surface area (Å²) in [6, 6.07) is 1.91. The molecule has 1 aliphatic rings. The third-order valence-electron chi connectivity index (χ3n) is 3.80. The number of pyridine rings is 1. The van der Waals surface area contributed by atoms with Crippen LogP contribution in [0.1, 0.15) is 17.8 Å². The first-order valence-electron chi connectivity index (χ1n) is 6.57. The minimum absolute atomic E-state index is 0.127. The van der Waals surface area contributed by atoms with E-state index in [1.807, 2.05) is 17.6 Å². The van der Waals surface area contributed by atoms with Crippen molar-refractivity contribution in [2.24, 2.45) is 5.92 Å². The Bertz CT molecular complexity index is 754. The van der Waals surface area contributed by atoms with Crippen LogP contribution in [0.15, 0.2) is 12.3 Å². The molecule has 1 saturated heterocycles. The van der Waals surface area contributed by atoms with Crippen molar-refractivity contribution in [3.63, 3.8) is 0 Å². The summed E-state index contributed by atoms with van der Waals surface area (Å²) in [4.78, 5) is 8.91. The minimum atomic E-state index is -2.87. The quantitative estimate of drug-likeness (QED) is 0.812. The molecule has 3 heterocycles. The summed E-state index contributed by atoms with van der Waals surface area (Å²) in [5, 5.41) is 0. The fourth-order valence-corrected chi connectivity index (χ4v) is 4.80. The lowest BCUT2D eigenvalue weighted by molar-refractivity contribution is 0.489. The van der Waals surface area contributed by atoms with Gasteiger partial charge in [0.25, 0.3) is 0 Å². The molecule has 0 N–H and O–H groups in total. The average molecular weight is 314 g/mol. The Morgan fingerprint density at radius 2 is 2.30 bits per heavy atom. The Morgan fingerprint density at radius 3 is 2.95 bits per heavy atom. The Balaban J connectivity index is 2.00. The van der Waals surface area contributed by atoms with Crippen molar-refractivity contribution in [1.29, 1.82) is 0 Å². The minimum Gasteiger partial charge on any atom is -0.311 e. The molecule has 0 bridgehead atoms. The lowest BCUT2D eigenvalue weighted by Gasteiger charge is -2.11. The molecule has 0 spiro atoms. The molecule has 0 aromatic carbocycles. The average Bonchev–Trinajstić information content (AvgIpc) is 2.92. The van der Waals surface area contributed by atoms with Crippen LogP contribution in [0.5, 0.6) is 0 Å². The van der Waals surface area contributed by atoms with Gasteiger partial charge in [-0.3, -0.25) is 0 Å². The molecule has 108 valence electrons. The third-order valence-corrected chi connectivity index (χ3v) is 5.88. The van der Waals surface area contributed by atoms with Gasteiger partial charge in [0.05, 0.1) is 17.4 Å². The normalized spacial score (nSPS) is 21.6. The second-order valence-corrected chi connectivity index (χ2v) is 7.84. The highest BCUT2D eigenvalue weighted by Crippen LogP contribution is 2.25. The number of aryl methyl sites for hydroxylation is 1. The Labute approximate surface area is 122 Å². The molecule has 1 atom stereocenters. The van der Waals surface area contributed by atoms with Gasteiger partial charge in [0.15, 0.2) is 15.5 Å². The van der Waals surface area contributed by atoms with E-state index in [4.69, 9.17) is 11.6 Å². The molecule has 2 aromatic heterocycles. The van der Waals surface area contributed by atoms with Gasteiger partial charge in [-0.15, -0.1) is 11.6 Å². The van der Waals surface area contributed by atoms with Crippen LogP contribution in [0.2, 0.25) is 0 Å². The number of sulfone groups is 1. The van der Waals surface area contributed by atoms with Gasteiger partial charge >= 0.3 is 0 Å². The van der Waals surface area contributed by atoms with Gasteiger partial charge in [-0.05, 0) is 30.9 Å². The Morgan fingerprint density at radius 1 is 1.50 bits per heavy atom. The van der Waals surface area contributed by atoms with Crippen LogP contribution < -0.4 is 0 Å². The number of imidazole rings is 1. The highest BCUT2D eigenvalue weighted by Gasteiger charge is 2.29. The monoisotopic (exact) mass is 313 g/mol. The number of hydrogen-bond acceptors (Lipinski definition) is 4. The van der Waals surface area contributed by atoms with Crippen molar-refractivity contribution >= 4 is 32.6 Å². The SMILES string of the molecule is Cc1ccnc2c1nc(CCl)n2CC1CCS(=O)(=O)C1. The predicted molar refractivity (Wildman–Crippen MR) is 78.6 cm³/mol. The van der Waals surface area contributed by atoms with Crippen LogP contribution in [-0.4, -0.2) is 34.5 Å². The van der Waals surface area contributed by atoms with E-state index in [1.54, 1.807) is 6.20 Å². The van der Waals surface area contributed by atoms with Gasteiger partial charge in [-0.2, -0.15) is 0 Å². The van der Waals surface area contributed by atoms with Crippen molar-refractivity contribution in [2.45, 2.75) is 25.8 Å². The van der Waals surface area contributed by atoms with E-state index in [0.29, 0.717) is 18.8 Å². The van der Waals surface area contributed by atoms with Crippen molar-refractivity contribution in [1.82, 2.24) is 14.5 Å². The lowest BCUT2D eigenvalue weighted by Crippen LogP contribution is -2.14. The molecule has 0 aliphatic carbocycles. The maximum absolute atomic E-state index is 11.6. The van der Waals surface area contributed by atoms with Crippen LogP contribution in [-0.2, 0) is 22.3 Å². The second kappa shape index (κ2) is 5.00. The summed E-state index contributed by atoms with van der Waals surface area (Å²) in [5.41, 5.74) is 2.70. The molecule has 1 unspecified atom stereocenters. The summed E-state index contributed by atoms with van der Waals surface area (Å²) in [6.07, 6.45) is 2.45. The molecular weight excluding hydrogens is 298 g/mol. The number of hydrogen-bond donors (Lipinski definition) is 0. The molecule has 0 radical (unpaired) electrons. The number of halogens is 1. The molecule has 2 aromatic rings. The molecule has 1 aliphatic heterocycles. The fourth-order valence-electron chi connectivity index (χ4n) is 2.75. The van der Waals surface area contributed by atoms with Crippen molar-refractivity contribution < 1.29 is 8.42 Å². The number of rotatable bonds is 3. The van der Waals surface area contributed by atoms with E-state index in [1.165, 1.54) is 0 Å². The van der Waals surface area contributed by atoms with Crippen molar-refractivity contribution in [3.05, 3.63) is 23.7 Å². The fraction of sp³-hybridized carbons (Fsp3) is 0.538. The summed E-state index contributed by atoms with van der Waals surface area (Å²) in [5.74, 6) is 1.72. The number of fused-ring (bicyclic) bond motifs is 1. The Kier molecular flexibility index (Phi) is 3.46. The van der Waals surface area contributed by atoms with E-state index in [2.05, 4.69) is 9.97 Å². The molecule has 5 nitrogen and oxygen atoms in total. The van der Waals surface area contributed by atoms with Gasteiger partial charge < -0.3 is 4.57 Å². The highest BCUT2D eigenvalue weighted by atomic mass is 35.5. The number of alkyl halides is 1. The lowest BCUT2D eigenvalue weighted by atomic mass is 10.1. The highest BCUT2D eigenvalue weighted by molar-refractivity contribution is 7.91. The summed E-state index contributed by atoms with van der Waals surface area (Å²) < 4.78 is 25.1. The summed E-state index contributed by atoms with van der Waals surface area (Å²) in [7, 11) is -2.87. The van der Waals surface area contributed by atoms with E-state index in [-0.39, 0.29) is 17.4 Å². The second-order valence-electron chi connectivity index (χ2n) is 5.34. The number of nitrogens with zero attached hydrogens (tertiary/aromatic N) is 3. The zero-order valence-electron chi connectivity index (χ0n) is 11.2. The smallest absolute Gasteiger partial charge is 0.160 e. The molecule has 1 fully saturated rings. The molecule has 20 heavy (non-hydrogen) atoms. The molecular formula is C13H16ClN3O2S. The van der Waals surface area contributed by atoms with E-state index < -0.39 is 9.84 Å². The van der Waals surface area contributed by atoms with E-state index in [9.17, 15) is 8.42 Å². The van der Waals surface area contributed by atoms with Gasteiger partial charge in [0, 0.05) is 12.7 Å².